The maximum Gasteiger partial charge on any atom is 0.387 e. The van der Waals surface area contributed by atoms with Gasteiger partial charge in [0.2, 0.25) is 0 Å². The number of benzene rings is 2. The largest absolute Gasteiger partial charge is 0.490 e. The summed E-state index contributed by atoms with van der Waals surface area (Å²) in [5.41, 5.74) is 2.79. The lowest BCUT2D eigenvalue weighted by Gasteiger charge is -2.11. The summed E-state index contributed by atoms with van der Waals surface area (Å²) in [7, 11) is 0. The molecule has 0 aromatic heterocycles. The van der Waals surface area contributed by atoms with Crippen LogP contribution in [0, 0.1) is 10.1 Å². The van der Waals surface area contributed by atoms with E-state index in [1.165, 1.54) is 48.7 Å². The molecule has 2 rings (SSSR count). The first-order valence-corrected chi connectivity index (χ1v) is 7.70. The highest BCUT2D eigenvalue weighted by Crippen LogP contribution is 2.29. The van der Waals surface area contributed by atoms with Gasteiger partial charge in [0, 0.05) is 17.7 Å². The fourth-order valence-electron chi connectivity index (χ4n) is 2.03. The van der Waals surface area contributed by atoms with Crippen LogP contribution < -0.4 is 14.9 Å². The molecule has 10 heteroatoms. The first-order valence-electron chi connectivity index (χ1n) is 7.70. The molecule has 0 aliphatic heterocycles. The van der Waals surface area contributed by atoms with Gasteiger partial charge in [0.15, 0.2) is 11.5 Å². The topological polar surface area (TPSA) is 103 Å². The number of carbonyl (C=O) groups is 1. The second kappa shape index (κ2) is 9.22. The standard InChI is InChI=1S/C17H15F2N3O5/c1-2-26-15-9-11(3-8-14(15)27-17(18)19)10-20-21-16(23)12-4-6-13(7-5-12)22(24)25/h3-10,17H,2H2,1H3,(H,21,23)/b20-10-. The van der Waals surface area contributed by atoms with E-state index in [4.69, 9.17) is 4.74 Å². The normalized spacial score (nSPS) is 10.8. The Morgan fingerprint density at radius 1 is 1.26 bits per heavy atom. The third-order valence-electron chi connectivity index (χ3n) is 3.20. The molecule has 0 atom stereocenters. The van der Waals surface area contributed by atoms with Crippen LogP contribution in [0.15, 0.2) is 47.6 Å². The predicted molar refractivity (Wildman–Crippen MR) is 92.4 cm³/mol. The Kier molecular flexibility index (Phi) is 6.75. The molecule has 0 aliphatic rings. The number of halogens is 2. The van der Waals surface area contributed by atoms with E-state index in [1.54, 1.807) is 6.92 Å². The van der Waals surface area contributed by atoms with Crippen molar-refractivity contribution in [2.45, 2.75) is 13.5 Å². The molecule has 0 radical (unpaired) electrons. The summed E-state index contributed by atoms with van der Waals surface area (Å²) in [6.07, 6.45) is 1.29. The van der Waals surface area contributed by atoms with Gasteiger partial charge in [0.25, 0.3) is 11.6 Å². The van der Waals surface area contributed by atoms with Crippen molar-refractivity contribution >= 4 is 17.8 Å². The summed E-state index contributed by atoms with van der Waals surface area (Å²) in [4.78, 5) is 22.0. The summed E-state index contributed by atoms with van der Waals surface area (Å²) in [5.74, 6) is -0.564. The third kappa shape index (κ3) is 5.73. The van der Waals surface area contributed by atoms with Gasteiger partial charge in [0.1, 0.15) is 0 Å². The Balaban J connectivity index is 2.05. The van der Waals surface area contributed by atoms with Crippen molar-refractivity contribution in [3.63, 3.8) is 0 Å². The van der Waals surface area contributed by atoms with E-state index in [9.17, 15) is 23.7 Å². The monoisotopic (exact) mass is 379 g/mol. The third-order valence-corrected chi connectivity index (χ3v) is 3.20. The lowest BCUT2D eigenvalue weighted by atomic mass is 10.2. The average molecular weight is 379 g/mol. The zero-order valence-corrected chi connectivity index (χ0v) is 14.1. The number of alkyl halides is 2. The van der Waals surface area contributed by atoms with Crippen LogP contribution in [0.25, 0.3) is 0 Å². The second-order valence-corrected chi connectivity index (χ2v) is 5.02. The van der Waals surface area contributed by atoms with Crippen molar-refractivity contribution in [3.8, 4) is 11.5 Å². The van der Waals surface area contributed by atoms with E-state index in [1.807, 2.05) is 0 Å². The Morgan fingerprint density at radius 2 is 1.96 bits per heavy atom. The highest BCUT2D eigenvalue weighted by molar-refractivity contribution is 5.95. The molecule has 0 fully saturated rings. The molecule has 0 unspecified atom stereocenters. The smallest absolute Gasteiger partial charge is 0.387 e. The van der Waals surface area contributed by atoms with Crippen LogP contribution >= 0.6 is 0 Å². The van der Waals surface area contributed by atoms with E-state index in [0.717, 1.165) is 0 Å². The van der Waals surface area contributed by atoms with Gasteiger partial charge in [-0.25, -0.2) is 5.43 Å². The van der Waals surface area contributed by atoms with Crippen molar-refractivity contribution in [2.75, 3.05) is 6.61 Å². The van der Waals surface area contributed by atoms with E-state index >= 15 is 0 Å². The molecule has 2 aromatic carbocycles. The molecule has 8 nitrogen and oxygen atoms in total. The lowest BCUT2D eigenvalue weighted by Crippen LogP contribution is -2.17. The van der Waals surface area contributed by atoms with Crippen LogP contribution in [0.2, 0.25) is 0 Å². The minimum atomic E-state index is -2.98. The van der Waals surface area contributed by atoms with Crippen molar-refractivity contribution in [2.24, 2.45) is 5.10 Å². The van der Waals surface area contributed by atoms with Gasteiger partial charge in [-0.3, -0.25) is 14.9 Å². The number of nitro groups is 1. The van der Waals surface area contributed by atoms with Crippen LogP contribution in [0.3, 0.4) is 0 Å². The number of non-ortho nitro benzene ring substituents is 1. The van der Waals surface area contributed by atoms with Crippen molar-refractivity contribution in [3.05, 3.63) is 63.7 Å². The Labute approximate surface area is 152 Å². The van der Waals surface area contributed by atoms with E-state index in [0.29, 0.717) is 5.56 Å². The molecule has 27 heavy (non-hydrogen) atoms. The van der Waals surface area contributed by atoms with Gasteiger partial charge in [-0.05, 0) is 42.8 Å². The van der Waals surface area contributed by atoms with Gasteiger partial charge in [-0.1, -0.05) is 0 Å². The summed E-state index contributed by atoms with van der Waals surface area (Å²) in [6, 6.07) is 9.20. The van der Waals surface area contributed by atoms with Crippen LogP contribution in [-0.4, -0.2) is 30.3 Å². The first-order chi connectivity index (χ1) is 12.9. The molecule has 0 heterocycles. The average Bonchev–Trinajstić information content (AvgIpc) is 2.63. The fraction of sp³-hybridized carbons (Fsp3) is 0.176. The number of hydrogen-bond donors (Lipinski definition) is 1. The number of ether oxygens (including phenoxy) is 2. The Morgan fingerprint density at radius 3 is 2.56 bits per heavy atom. The molecular formula is C17H15F2N3O5. The highest BCUT2D eigenvalue weighted by atomic mass is 19.3. The maximum atomic E-state index is 12.4. The van der Waals surface area contributed by atoms with Crippen LogP contribution in [-0.2, 0) is 0 Å². The van der Waals surface area contributed by atoms with Gasteiger partial charge in [-0.2, -0.15) is 13.9 Å². The number of hydrazone groups is 1. The molecule has 2 aromatic rings. The van der Waals surface area contributed by atoms with Crippen molar-refractivity contribution < 1.29 is 28.0 Å². The Bertz CT molecular complexity index is 841. The molecule has 0 saturated carbocycles. The zero-order chi connectivity index (χ0) is 19.8. The van der Waals surface area contributed by atoms with E-state index in [2.05, 4.69) is 15.3 Å². The molecule has 142 valence electrons. The molecular weight excluding hydrogens is 364 g/mol. The number of nitro benzene ring substituents is 1. The van der Waals surface area contributed by atoms with Crippen molar-refractivity contribution in [1.82, 2.24) is 5.43 Å². The van der Waals surface area contributed by atoms with Gasteiger partial charge < -0.3 is 9.47 Å². The van der Waals surface area contributed by atoms with Crippen molar-refractivity contribution in [1.29, 1.82) is 0 Å². The summed E-state index contributed by atoms with van der Waals surface area (Å²) < 4.78 is 34.4. The minimum absolute atomic E-state index is 0.112. The molecule has 0 spiro atoms. The minimum Gasteiger partial charge on any atom is -0.490 e. The summed E-state index contributed by atoms with van der Waals surface area (Å²) in [5, 5.41) is 14.4. The predicted octanol–water partition coefficient (Wildman–Crippen LogP) is 3.36. The fourth-order valence-corrected chi connectivity index (χ4v) is 2.03. The highest BCUT2D eigenvalue weighted by Gasteiger charge is 2.11. The summed E-state index contributed by atoms with van der Waals surface area (Å²) >= 11 is 0. The van der Waals surface area contributed by atoms with Gasteiger partial charge in [0.05, 0.1) is 17.7 Å². The van der Waals surface area contributed by atoms with E-state index < -0.39 is 17.4 Å². The van der Waals surface area contributed by atoms with Crippen LogP contribution in [0.5, 0.6) is 11.5 Å². The summed E-state index contributed by atoms with van der Waals surface area (Å²) in [6.45, 7) is -1.04. The number of amides is 1. The maximum absolute atomic E-state index is 12.4. The van der Waals surface area contributed by atoms with Crippen LogP contribution in [0.1, 0.15) is 22.8 Å². The first kappa shape index (κ1) is 19.8. The van der Waals surface area contributed by atoms with Gasteiger partial charge >= 0.3 is 6.61 Å². The molecule has 0 aliphatic carbocycles. The number of nitrogens with one attached hydrogen (secondary N) is 1. The van der Waals surface area contributed by atoms with E-state index in [-0.39, 0.29) is 29.4 Å². The van der Waals surface area contributed by atoms with Crippen LogP contribution in [0.4, 0.5) is 14.5 Å². The number of carbonyl (C=O) groups excluding carboxylic acids is 1. The Hall–Kier alpha value is -3.56. The molecule has 1 amide bonds. The molecule has 0 bridgehead atoms. The SMILES string of the molecule is CCOc1cc(/C=N\NC(=O)c2ccc([N+](=O)[O-])cc2)ccc1OC(F)F. The number of rotatable bonds is 8. The number of hydrogen-bond acceptors (Lipinski definition) is 6. The quantitative estimate of drug-likeness (QED) is 0.430. The molecule has 0 saturated heterocycles. The molecule has 1 N–H and O–H groups in total. The lowest BCUT2D eigenvalue weighted by molar-refractivity contribution is -0.384. The number of nitrogens with zero attached hydrogens (tertiary/aromatic N) is 2. The van der Waals surface area contributed by atoms with Gasteiger partial charge in [-0.15, -0.1) is 0 Å². The zero-order valence-electron chi connectivity index (χ0n) is 14.1. The second-order valence-electron chi connectivity index (χ2n) is 5.02.